The monoisotopic (exact) mass is 456 g/mol. The van der Waals surface area contributed by atoms with E-state index < -0.39 is 23.6 Å². The number of para-hydroxylation sites is 1. The predicted molar refractivity (Wildman–Crippen MR) is 121 cm³/mol. The number of rotatable bonds is 4. The minimum atomic E-state index is -4.56. The molecule has 1 aromatic heterocycles. The van der Waals surface area contributed by atoms with Crippen molar-refractivity contribution in [2.75, 3.05) is 5.32 Å². The second-order valence-electron chi connectivity index (χ2n) is 7.63. The Labute approximate surface area is 189 Å². The van der Waals surface area contributed by atoms with Crippen molar-refractivity contribution in [3.8, 4) is 5.69 Å². The molecule has 0 aliphatic heterocycles. The van der Waals surface area contributed by atoms with Crippen LogP contribution in [0.2, 0.25) is 0 Å². The Morgan fingerprint density at radius 1 is 0.939 bits per heavy atom. The minimum absolute atomic E-state index is 0.147. The number of amides is 2. The van der Waals surface area contributed by atoms with Crippen molar-refractivity contribution < 1.29 is 22.8 Å². The van der Waals surface area contributed by atoms with Crippen LogP contribution in [0.3, 0.4) is 0 Å². The Morgan fingerprint density at radius 2 is 1.58 bits per heavy atom. The molecule has 0 saturated carbocycles. The normalized spacial score (nSPS) is 11.6. The van der Waals surface area contributed by atoms with Gasteiger partial charge in [-0.2, -0.15) is 18.3 Å². The third-order valence-corrected chi connectivity index (χ3v) is 5.16. The molecule has 1 heterocycles. The lowest BCUT2D eigenvalue weighted by Gasteiger charge is -2.15. The van der Waals surface area contributed by atoms with E-state index in [2.05, 4.69) is 20.4 Å². The lowest BCUT2D eigenvalue weighted by molar-refractivity contribution is -0.137. The van der Waals surface area contributed by atoms with E-state index in [1.807, 2.05) is 52.0 Å². The largest absolute Gasteiger partial charge is 0.416 e. The maximum atomic E-state index is 12.8. The highest BCUT2D eigenvalue weighted by Gasteiger charge is 2.30. The molecule has 0 unspecified atom stereocenters. The number of carbonyl (C=O) groups excluding carboxylic acids is 2. The summed E-state index contributed by atoms with van der Waals surface area (Å²) in [5.74, 6) is -2.24. The first kappa shape index (κ1) is 23.8. The van der Waals surface area contributed by atoms with Crippen LogP contribution in [0.4, 0.5) is 18.9 Å². The van der Waals surface area contributed by atoms with Gasteiger partial charge in [-0.1, -0.05) is 24.3 Å². The van der Waals surface area contributed by atoms with Crippen LogP contribution < -0.4 is 10.7 Å². The van der Waals surface area contributed by atoms with E-state index in [-0.39, 0.29) is 5.69 Å². The molecule has 0 saturated heterocycles. The molecule has 33 heavy (non-hydrogen) atoms. The number of carbonyl (C=O) groups is 2. The van der Waals surface area contributed by atoms with Crippen LogP contribution in [0, 0.1) is 27.7 Å². The van der Waals surface area contributed by atoms with Gasteiger partial charge in [-0.15, -0.1) is 0 Å². The highest BCUT2D eigenvalue weighted by atomic mass is 19.4. The molecule has 3 aromatic rings. The van der Waals surface area contributed by atoms with Crippen molar-refractivity contribution in [3.63, 3.8) is 0 Å². The zero-order chi connectivity index (χ0) is 24.3. The Bertz CT molecular complexity index is 1220. The van der Waals surface area contributed by atoms with Gasteiger partial charge in [-0.3, -0.25) is 9.59 Å². The number of halogens is 3. The standard InChI is InChI=1S/C24H23F3N4O2/c1-14-7-5-8-15(2)21(14)31-16(3)11-18(17(31)4)13-28-30-23(33)22(32)29-20-10-6-9-19(12-20)24(25,26)27/h5-13H,1-4H3,(H,29,32)(H,30,33)/b28-13-. The summed E-state index contributed by atoms with van der Waals surface area (Å²) in [5.41, 5.74) is 6.93. The summed E-state index contributed by atoms with van der Waals surface area (Å²) in [6.07, 6.45) is -3.14. The minimum Gasteiger partial charge on any atom is -0.318 e. The lowest BCUT2D eigenvalue weighted by atomic mass is 10.1. The maximum absolute atomic E-state index is 12.8. The summed E-state index contributed by atoms with van der Waals surface area (Å²) in [6, 6.07) is 12.0. The first-order valence-corrected chi connectivity index (χ1v) is 10.1. The van der Waals surface area contributed by atoms with Gasteiger partial charge in [0.1, 0.15) is 0 Å². The molecule has 0 bridgehead atoms. The van der Waals surface area contributed by atoms with Crippen molar-refractivity contribution >= 4 is 23.7 Å². The van der Waals surface area contributed by atoms with Crippen LogP contribution in [0.5, 0.6) is 0 Å². The number of hydrogen-bond donors (Lipinski definition) is 2. The lowest BCUT2D eigenvalue weighted by Crippen LogP contribution is -2.32. The summed E-state index contributed by atoms with van der Waals surface area (Å²) in [5, 5.41) is 5.97. The van der Waals surface area contributed by atoms with E-state index in [4.69, 9.17) is 0 Å². The quantitative estimate of drug-likeness (QED) is 0.336. The number of nitrogens with zero attached hydrogens (tertiary/aromatic N) is 2. The van der Waals surface area contributed by atoms with Gasteiger partial charge in [0.25, 0.3) is 0 Å². The number of aryl methyl sites for hydroxylation is 3. The van der Waals surface area contributed by atoms with Gasteiger partial charge in [-0.25, -0.2) is 5.43 Å². The van der Waals surface area contributed by atoms with E-state index in [0.717, 1.165) is 52.0 Å². The number of hydrogen-bond acceptors (Lipinski definition) is 3. The fourth-order valence-electron chi connectivity index (χ4n) is 3.59. The van der Waals surface area contributed by atoms with Gasteiger partial charge in [0.05, 0.1) is 17.5 Å². The molecular weight excluding hydrogens is 433 g/mol. The zero-order valence-corrected chi connectivity index (χ0v) is 18.5. The third kappa shape index (κ3) is 5.31. The molecule has 2 N–H and O–H groups in total. The maximum Gasteiger partial charge on any atom is 0.416 e. The van der Waals surface area contributed by atoms with Crippen LogP contribution >= 0.6 is 0 Å². The van der Waals surface area contributed by atoms with E-state index in [1.165, 1.54) is 12.3 Å². The predicted octanol–water partition coefficient (Wildman–Crippen LogP) is 4.82. The van der Waals surface area contributed by atoms with Crippen molar-refractivity contribution in [1.82, 2.24) is 9.99 Å². The van der Waals surface area contributed by atoms with Gasteiger partial charge in [-0.05, 0) is 63.1 Å². The summed E-state index contributed by atoms with van der Waals surface area (Å²) in [4.78, 5) is 24.0. The number of benzene rings is 2. The smallest absolute Gasteiger partial charge is 0.318 e. The zero-order valence-electron chi connectivity index (χ0n) is 18.5. The van der Waals surface area contributed by atoms with Crippen molar-refractivity contribution in [2.45, 2.75) is 33.9 Å². The van der Waals surface area contributed by atoms with Gasteiger partial charge in [0.2, 0.25) is 0 Å². The molecule has 0 spiro atoms. The van der Waals surface area contributed by atoms with Crippen LogP contribution in [0.15, 0.2) is 53.6 Å². The van der Waals surface area contributed by atoms with Gasteiger partial charge >= 0.3 is 18.0 Å². The number of aromatic nitrogens is 1. The summed E-state index contributed by atoms with van der Waals surface area (Å²) >= 11 is 0. The first-order valence-electron chi connectivity index (χ1n) is 10.1. The molecule has 3 rings (SSSR count). The first-order chi connectivity index (χ1) is 15.5. The van der Waals surface area contributed by atoms with Crippen LogP contribution in [0.1, 0.15) is 33.6 Å². The molecule has 9 heteroatoms. The third-order valence-electron chi connectivity index (χ3n) is 5.16. The van der Waals surface area contributed by atoms with Crippen LogP contribution in [0.25, 0.3) is 5.69 Å². The van der Waals surface area contributed by atoms with Gasteiger partial charge in [0, 0.05) is 22.6 Å². The fraction of sp³-hybridized carbons (Fsp3) is 0.208. The highest BCUT2D eigenvalue weighted by molar-refractivity contribution is 6.39. The topological polar surface area (TPSA) is 75.5 Å². The molecule has 0 atom stereocenters. The molecule has 172 valence electrons. The summed E-state index contributed by atoms with van der Waals surface area (Å²) in [7, 11) is 0. The van der Waals surface area contributed by atoms with Crippen molar-refractivity contribution in [2.24, 2.45) is 5.10 Å². The van der Waals surface area contributed by atoms with E-state index in [9.17, 15) is 22.8 Å². The van der Waals surface area contributed by atoms with Gasteiger partial charge in [0.15, 0.2) is 0 Å². The Kier molecular flexibility index (Phi) is 6.71. The fourth-order valence-corrected chi connectivity index (χ4v) is 3.59. The molecule has 0 fully saturated rings. The Hall–Kier alpha value is -3.88. The number of anilines is 1. The number of alkyl halides is 3. The molecule has 2 amide bonds. The van der Waals surface area contributed by atoms with E-state index >= 15 is 0 Å². The molecule has 0 aliphatic rings. The Balaban J connectivity index is 1.71. The Morgan fingerprint density at radius 3 is 2.21 bits per heavy atom. The number of hydrazone groups is 1. The van der Waals surface area contributed by atoms with Gasteiger partial charge < -0.3 is 9.88 Å². The average molecular weight is 456 g/mol. The van der Waals surface area contributed by atoms with Crippen molar-refractivity contribution in [3.05, 3.63) is 82.2 Å². The highest BCUT2D eigenvalue weighted by Crippen LogP contribution is 2.30. The van der Waals surface area contributed by atoms with E-state index in [0.29, 0.717) is 0 Å². The number of nitrogens with one attached hydrogen (secondary N) is 2. The molecule has 0 aliphatic carbocycles. The second kappa shape index (κ2) is 9.32. The molecule has 0 radical (unpaired) electrons. The van der Waals surface area contributed by atoms with E-state index in [1.54, 1.807) is 0 Å². The average Bonchev–Trinajstić information content (AvgIpc) is 3.01. The van der Waals surface area contributed by atoms with Crippen LogP contribution in [-0.4, -0.2) is 22.6 Å². The summed E-state index contributed by atoms with van der Waals surface area (Å²) in [6.45, 7) is 7.93. The molecular formula is C24H23F3N4O2. The van der Waals surface area contributed by atoms with Crippen molar-refractivity contribution in [1.29, 1.82) is 0 Å². The second-order valence-corrected chi connectivity index (χ2v) is 7.63. The SMILES string of the molecule is Cc1cccc(C)c1-n1c(C)cc(/C=N\NC(=O)C(=O)Nc2cccc(C(F)(F)F)c2)c1C. The van der Waals surface area contributed by atoms with Crippen LogP contribution in [-0.2, 0) is 15.8 Å². The summed E-state index contributed by atoms with van der Waals surface area (Å²) < 4.78 is 40.5. The molecule has 2 aromatic carbocycles. The molecule has 6 nitrogen and oxygen atoms in total.